The summed E-state index contributed by atoms with van der Waals surface area (Å²) in [5.41, 5.74) is 2.49. The molecule has 1 heterocycles. The highest BCUT2D eigenvalue weighted by atomic mass is 32.2. The average molecular weight is 469 g/mol. The summed E-state index contributed by atoms with van der Waals surface area (Å²) in [6.07, 6.45) is 0. The fourth-order valence-electron chi connectivity index (χ4n) is 3.44. The van der Waals surface area contributed by atoms with Crippen molar-refractivity contribution in [1.82, 2.24) is 0 Å². The Labute approximate surface area is 192 Å². The van der Waals surface area contributed by atoms with Gasteiger partial charge in [0.15, 0.2) is 11.5 Å². The predicted molar refractivity (Wildman–Crippen MR) is 125 cm³/mol. The number of nitrogens with one attached hydrogen (secondary N) is 1. The highest BCUT2D eigenvalue weighted by Crippen LogP contribution is 2.35. The lowest BCUT2D eigenvalue weighted by Gasteiger charge is -2.26. The van der Waals surface area contributed by atoms with E-state index in [1.807, 2.05) is 19.9 Å². The molecule has 0 aromatic heterocycles. The molecule has 0 aliphatic carbocycles. The lowest BCUT2D eigenvalue weighted by molar-refractivity contribution is -0.114. The quantitative estimate of drug-likeness (QED) is 0.566. The number of hydrogen-bond acceptors (Lipinski definition) is 6. The topological polar surface area (TPSA) is 94.2 Å². The molecule has 3 aromatic carbocycles. The van der Waals surface area contributed by atoms with Crippen LogP contribution >= 0.6 is 0 Å². The summed E-state index contributed by atoms with van der Waals surface area (Å²) in [6, 6.07) is 16.6. The third-order valence-electron chi connectivity index (χ3n) is 5.16. The maximum absolute atomic E-state index is 13.6. The van der Waals surface area contributed by atoms with Gasteiger partial charge in [-0.05, 0) is 55.8 Å². The Balaban J connectivity index is 1.69. The van der Waals surface area contributed by atoms with Gasteiger partial charge in [-0.3, -0.25) is 9.10 Å². The standard InChI is InChI=1S/C24H24N2O6S/c1-16-4-8-19(9-5-16)33(28,29)26(20-12-17(2)6-10-21(20)30-3)14-24(27)25-18-7-11-22-23(13-18)32-15-31-22/h4-13H,14-15H2,1-3H3,(H,25,27). The van der Waals surface area contributed by atoms with Crippen LogP contribution in [0.5, 0.6) is 17.2 Å². The van der Waals surface area contributed by atoms with Crippen molar-refractivity contribution in [3.05, 3.63) is 71.8 Å². The number of nitrogens with zero attached hydrogens (tertiary/aromatic N) is 1. The number of rotatable bonds is 7. The highest BCUT2D eigenvalue weighted by Gasteiger charge is 2.30. The van der Waals surface area contributed by atoms with Crippen LogP contribution < -0.4 is 23.8 Å². The molecule has 0 spiro atoms. The summed E-state index contributed by atoms with van der Waals surface area (Å²) in [7, 11) is -2.61. The number of ether oxygens (including phenoxy) is 3. The summed E-state index contributed by atoms with van der Waals surface area (Å²) in [5.74, 6) is 0.915. The fraction of sp³-hybridized carbons (Fsp3) is 0.208. The molecule has 1 N–H and O–H groups in total. The molecule has 33 heavy (non-hydrogen) atoms. The number of benzene rings is 3. The molecule has 172 valence electrons. The van der Waals surface area contributed by atoms with Gasteiger partial charge in [0.2, 0.25) is 12.7 Å². The van der Waals surface area contributed by atoms with Gasteiger partial charge in [-0.15, -0.1) is 0 Å². The summed E-state index contributed by atoms with van der Waals surface area (Å²) in [5, 5.41) is 2.74. The van der Waals surface area contributed by atoms with Crippen molar-refractivity contribution in [2.75, 3.05) is 30.1 Å². The number of anilines is 2. The molecule has 0 saturated carbocycles. The molecule has 0 unspecified atom stereocenters. The number of carbonyl (C=O) groups is 1. The number of methoxy groups -OCH3 is 1. The van der Waals surface area contributed by atoms with E-state index in [1.165, 1.54) is 19.2 Å². The molecule has 1 amide bonds. The first-order chi connectivity index (χ1) is 15.8. The molecule has 0 atom stereocenters. The van der Waals surface area contributed by atoms with Gasteiger partial charge < -0.3 is 19.5 Å². The summed E-state index contributed by atoms with van der Waals surface area (Å²) >= 11 is 0. The molecular formula is C24H24N2O6S. The van der Waals surface area contributed by atoms with Crippen LogP contribution in [0.2, 0.25) is 0 Å². The first kappa shape index (κ1) is 22.5. The molecule has 1 aliphatic rings. The minimum atomic E-state index is -4.07. The van der Waals surface area contributed by atoms with Crippen LogP contribution in [0.3, 0.4) is 0 Å². The van der Waals surface area contributed by atoms with Gasteiger partial charge in [0.25, 0.3) is 10.0 Å². The van der Waals surface area contributed by atoms with Crippen LogP contribution in [0.4, 0.5) is 11.4 Å². The van der Waals surface area contributed by atoms with E-state index in [-0.39, 0.29) is 17.4 Å². The van der Waals surface area contributed by atoms with E-state index in [4.69, 9.17) is 14.2 Å². The molecule has 0 bridgehead atoms. The zero-order chi connectivity index (χ0) is 23.6. The Hall–Kier alpha value is -3.72. The van der Waals surface area contributed by atoms with Crippen LogP contribution in [0.15, 0.2) is 65.6 Å². The second-order valence-electron chi connectivity index (χ2n) is 7.62. The van der Waals surface area contributed by atoms with Crippen molar-refractivity contribution in [1.29, 1.82) is 0 Å². The van der Waals surface area contributed by atoms with Crippen molar-refractivity contribution < 1.29 is 27.4 Å². The van der Waals surface area contributed by atoms with E-state index in [0.717, 1.165) is 15.4 Å². The molecule has 4 rings (SSSR count). The number of carbonyl (C=O) groups excluding carboxylic acids is 1. The van der Waals surface area contributed by atoms with Crippen molar-refractivity contribution in [3.8, 4) is 17.2 Å². The van der Waals surface area contributed by atoms with Crippen molar-refractivity contribution in [2.45, 2.75) is 18.7 Å². The summed E-state index contributed by atoms with van der Waals surface area (Å²) in [4.78, 5) is 13.1. The molecule has 0 radical (unpaired) electrons. The Morgan fingerprint density at radius 2 is 1.67 bits per heavy atom. The number of hydrogen-bond donors (Lipinski definition) is 1. The number of fused-ring (bicyclic) bond motifs is 1. The van der Waals surface area contributed by atoms with Crippen LogP contribution in [-0.2, 0) is 14.8 Å². The van der Waals surface area contributed by atoms with Crippen molar-refractivity contribution in [2.24, 2.45) is 0 Å². The van der Waals surface area contributed by atoms with E-state index in [0.29, 0.717) is 22.9 Å². The Morgan fingerprint density at radius 3 is 2.39 bits per heavy atom. The molecule has 9 heteroatoms. The van der Waals surface area contributed by atoms with Gasteiger partial charge in [0, 0.05) is 11.8 Å². The Morgan fingerprint density at radius 1 is 0.970 bits per heavy atom. The van der Waals surface area contributed by atoms with Crippen LogP contribution in [0.1, 0.15) is 11.1 Å². The third kappa shape index (κ3) is 4.73. The van der Waals surface area contributed by atoms with Gasteiger partial charge in [0.1, 0.15) is 12.3 Å². The number of aryl methyl sites for hydroxylation is 2. The molecule has 3 aromatic rings. The molecule has 0 fully saturated rings. The monoisotopic (exact) mass is 468 g/mol. The molecular weight excluding hydrogens is 444 g/mol. The maximum atomic E-state index is 13.6. The Bertz CT molecular complexity index is 1290. The zero-order valence-corrected chi connectivity index (χ0v) is 19.3. The minimum absolute atomic E-state index is 0.0764. The highest BCUT2D eigenvalue weighted by molar-refractivity contribution is 7.92. The lowest BCUT2D eigenvalue weighted by Crippen LogP contribution is -2.38. The van der Waals surface area contributed by atoms with Crippen LogP contribution in [0.25, 0.3) is 0 Å². The second kappa shape index (κ2) is 9.03. The van der Waals surface area contributed by atoms with Crippen LogP contribution in [0, 0.1) is 13.8 Å². The van der Waals surface area contributed by atoms with Crippen LogP contribution in [-0.4, -0.2) is 34.8 Å². The fourth-order valence-corrected chi connectivity index (χ4v) is 4.86. The van der Waals surface area contributed by atoms with Crippen molar-refractivity contribution in [3.63, 3.8) is 0 Å². The van der Waals surface area contributed by atoms with Gasteiger partial charge in [-0.25, -0.2) is 8.42 Å². The molecule has 1 aliphatic heterocycles. The first-order valence-electron chi connectivity index (χ1n) is 10.2. The maximum Gasteiger partial charge on any atom is 0.264 e. The second-order valence-corrected chi connectivity index (χ2v) is 9.48. The SMILES string of the molecule is COc1ccc(C)cc1N(CC(=O)Nc1ccc2c(c1)OCO2)S(=O)(=O)c1ccc(C)cc1. The predicted octanol–water partition coefficient (Wildman–Crippen LogP) is 3.87. The summed E-state index contributed by atoms with van der Waals surface area (Å²) < 4.78 is 44.3. The van der Waals surface area contributed by atoms with Gasteiger partial charge in [-0.2, -0.15) is 0 Å². The normalized spacial score (nSPS) is 12.3. The smallest absolute Gasteiger partial charge is 0.264 e. The number of sulfonamides is 1. The Kier molecular flexibility index (Phi) is 6.15. The first-order valence-corrected chi connectivity index (χ1v) is 11.7. The zero-order valence-electron chi connectivity index (χ0n) is 18.5. The average Bonchev–Trinajstić information content (AvgIpc) is 3.25. The largest absolute Gasteiger partial charge is 0.495 e. The van der Waals surface area contributed by atoms with E-state index in [9.17, 15) is 13.2 Å². The number of amides is 1. The lowest BCUT2D eigenvalue weighted by atomic mass is 10.2. The van der Waals surface area contributed by atoms with E-state index in [2.05, 4.69) is 5.32 Å². The van der Waals surface area contributed by atoms with Gasteiger partial charge >= 0.3 is 0 Å². The van der Waals surface area contributed by atoms with E-state index in [1.54, 1.807) is 42.5 Å². The van der Waals surface area contributed by atoms with E-state index >= 15 is 0 Å². The molecule has 8 nitrogen and oxygen atoms in total. The third-order valence-corrected chi connectivity index (χ3v) is 6.93. The van der Waals surface area contributed by atoms with Gasteiger partial charge in [-0.1, -0.05) is 23.8 Å². The van der Waals surface area contributed by atoms with Crippen molar-refractivity contribution >= 4 is 27.3 Å². The summed E-state index contributed by atoms with van der Waals surface area (Å²) in [6.45, 7) is 3.37. The minimum Gasteiger partial charge on any atom is -0.495 e. The molecule has 0 saturated heterocycles. The van der Waals surface area contributed by atoms with E-state index < -0.39 is 22.5 Å². The van der Waals surface area contributed by atoms with Gasteiger partial charge in [0.05, 0.1) is 17.7 Å².